The molecule has 14 heavy (non-hydrogen) atoms. The van der Waals surface area contributed by atoms with Gasteiger partial charge in [0.15, 0.2) is 12.1 Å². The molecule has 1 aromatic heterocycles. The van der Waals surface area contributed by atoms with E-state index in [0.717, 1.165) is 5.52 Å². The molecule has 72 valence electrons. The second-order valence-corrected chi connectivity index (χ2v) is 3.75. The first-order valence-electron chi connectivity index (χ1n) is 3.90. The summed E-state index contributed by atoms with van der Waals surface area (Å²) in [7, 11) is 1.74. The van der Waals surface area contributed by atoms with Crippen LogP contribution in [-0.2, 0) is 7.05 Å². The Morgan fingerprint density at radius 1 is 1.43 bits per heavy atom. The Bertz CT molecular complexity index is 519. The first-order valence-corrected chi connectivity index (χ1v) is 4.65. The number of aldehydes is 1. The summed E-state index contributed by atoms with van der Waals surface area (Å²) in [6.45, 7) is 0. The maximum absolute atomic E-state index is 10.6. The van der Waals surface area contributed by atoms with Gasteiger partial charge in [-0.15, -0.1) is 0 Å². The third kappa shape index (κ3) is 1.29. The highest BCUT2D eigenvalue weighted by Crippen LogP contribution is 2.27. The van der Waals surface area contributed by atoms with Crippen LogP contribution in [0.4, 0.5) is 0 Å². The third-order valence-corrected chi connectivity index (χ3v) is 2.55. The molecule has 2 aromatic rings. The number of carbonyl (C=O) groups is 1. The number of nitrogens with zero attached hydrogens (tertiary/aromatic N) is 2. The minimum Gasteiger partial charge on any atom is -0.325 e. The van der Waals surface area contributed by atoms with E-state index in [1.165, 1.54) is 0 Å². The normalized spacial score (nSPS) is 10.8. The average Bonchev–Trinajstić information content (AvgIpc) is 2.44. The van der Waals surface area contributed by atoms with Crippen LogP contribution in [0.25, 0.3) is 11.0 Å². The number of benzene rings is 1. The number of imidazole rings is 1. The fourth-order valence-corrected chi connectivity index (χ4v) is 1.86. The summed E-state index contributed by atoms with van der Waals surface area (Å²) in [4.78, 5) is 14.7. The van der Waals surface area contributed by atoms with Crippen molar-refractivity contribution in [2.24, 2.45) is 7.05 Å². The van der Waals surface area contributed by atoms with Crippen LogP contribution in [0.15, 0.2) is 12.1 Å². The lowest BCUT2D eigenvalue weighted by atomic mass is 10.3. The van der Waals surface area contributed by atoms with E-state index in [1.54, 1.807) is 23.7 Å². The number of carbonyl (C=O) groups excluding carboxylic acids is 1. The summed E-state index contributed by atoms with van der Waals surface area (Å²) in [5.74, 6) is 0.337. The molecule has 1 heterocycles. The molecule has 0 fully saturated rings. The molecule has 0 bridgehead atoms. The van der Waals surface area contributed by atoms with Crippen molar-refractivity contribution in [1.29, 1.82) is 0 Å². The number of rotatable bonds is 1. The zero-order valence-corrected chi connectivity index (χ0v) is 8.80. The first-order chi connectivity index (χ1) is 6.63. The van der Waals surface area contributed by atoms with Crippen LogP contribution in [0.5, 0.6) is 0 Å². The smallest absolute Gasteiger partial charge is 0.185 e. The van der Waals surface area contributed by atoms with E-state index < -0.39 is 0 Å². The molecular formula is C9H6Cl2N2O. The summed E-state index contributed by atoms with van der Waals surface area (Å²) in [5, 5.41) is 0.985. The van der Waals surface area contributed by atoms with Crippen molar-refractivity contribution in [1.82, 2.24) is 9.55 Å². The van der Waals surface area contributed by atoms with Crippen LogP contribution < -0.4 is 0 Å². The van der Waals surface area contributed by atoms with Crippen molar-refractivity contribution in [3.63, 3.8) is 0 Å². The van der Waals surface area contributed by atoms with Crippen molar-refractivity contribution < 1.29 is 4.79 Å². The van der Waals surface area contributed by atoms with Gasteiger partial charge >= 0.3 is 0 Å². The SMILES string of the molecule is Cn1c(C=O)nc2c(Cl)cc(Cl)cc21. The molecule has 0 aliphatic carbocycles. The molecule has 0 unspecified atom stereocenters. The van der Waals surface area contributed by atoms with Crippen LogP contribution in [0.1, 0.15) is 10.6 Å². The zero-order valence-electron chi connectivity index (χ0n) is 7.29. The number of halogens is 2. The highest BCUT2D eigenvalue weighted by molar-refractivity contribution is 6.38. The highest BCUT2D eigenvalue weighted by Gasteiger charge is 2.10. The molecule has 0 atom stereocenters. The maximum Gasteiger partial charge on any atom is 0.185 e. The van der Waals surface area contributed by atoms with Crippen molar-refractivity contribution in [3.05, 3.63) is 28.0 Å². The molecule has 1 aromatic carbocycles. The van der Waals surface area contributed by atoms with E-state index in [0.29, 0.717) is 27.7 Å². The van der Waals surface area contributed by atoms with Crippen LogP contribution in [0, 0.1) is 0 Å². The molecule has 3 nitrogen and oxygen atoms in total. The zero-order chi connectivity index (χ0) is 10.3. The molecule has 0 aliphatic rings. The van der Waals surface area contributed by atoms with Crippen LogP contribution in [-0.4, -0.2) is 15.8 Å². The van der Waals surface area contributed by atoms with Gasteiger partial charge in [-0.05, 0) is 12.1 Å². The Kier molecular flexibility index (Phi) is 2.21. The maximum atomic E-state index is 10.6. The van der Waals surface area contributed by atoms with Gasteiger partial charge in [0, 0.05) is 12.1 Å². The van der Waals surface area contributed by atoms with E-state index >= 15 is 0 Å². The summed E-state index contributed by atoms with van der Waals surface area (Å²) in [6.07, 6.45) is 0.685. The summed E-state index contributed by atoms with van der Waals surface area (Å²) in [6, 6.07) is 3.33. The van der Waals surface area contributed by atoms with Crippen LogP contribution in [0.2, 0.25) is 10.0 Å². The second kappa shape index (κ2) is 3.26. The van der Waals surface area contributed by atoms with Crippen LogP contribution >= 0.6 is 23.2 Å². The molecule has 0 saturated carbocycles. The minimum absolute atomic E-state index is 0.337. The Morgan fingerprint density at radius 2 is 2.14 bits per heavy atom. The lowest BCUT2D eigenvalue weighted by Gasteiger charge is -1.97. The molecule has 2 rings (SSSR count). The van der Waals surface area contributed by atoms with Gasteiger partial charge in [0.25, 0.3) is 0 Å². The van der Waals surface area contributed by atoms with E-state index in [2.05, 4.69) is 4.98 Å². The first kappa shape index (κ1) is 9.49. The molecule has 0 amide bonds. The van der Waals surface area contributed by atoms with Gasteiger partial charge in [0.1, 0.15) is 5.52 Å². The van der Waals surface area contributed by atoms with E-state index in [4.69, 9.17) is 23.2 Å². The Balaban J connectivity index is 2.91. The minimum atomic E-state index is 0.337. The Hall–Kier alpha value is -1.06. The molecule has 0 radical (unpaired) electrons. The predicted octanol–water partition coefficient (Wildman–Crippen LogP) is 2.69. The molecule has 0 aliphatic heterocycles. The summed E-state index contributed by atoms with van der Waals surface area (Å²) < 4.78 is 1.65. The largest absolute Gasteiger partial charge is 0.325 e. The van der Waals surface area contributed by atoms with E-state index in [-0.39, 0.29) is 0 Å². The highest BCUT2D eigenvalue weighted by atomic mass is 35.5. The fraction of sp³-hybridized carbons (Fsp3) is 0.111. The lowest BCUT2D eigenvalue weighted by molar-refractivity contribution is 0.111. The number of fused-ring (bicyclic) bond motifs is 1. The Morgan fingerprint density at radius 3 is 2.79 bits per heavy atom. The topological polar surface area (TPSA) is 34.9 Å². The van der Waals surface area contributed by atoms with Gasteiger partial charge in [0.05, 0.1) is 10.5 Å². The van der Waals surface area contributed by atoms with Crippen LogP contribution in [0.3, 0.4) is 0 Å². The molecular weight excluding hydrogens is 223 g/mol. The van der Waals surface area contributed by atoms with Gasteiger partial charge in [-0.3, -0.25) is 4.79 Å². The van der Waals surface area contributed by atoms with Gasteiger partial charge in [-0.1, -0.05) is 23.2 Å². The quantitative estimate of drug-likeness (QED) is 0.704. The monoisotopic (exact) mass is 228 g/mol. The molecule has 0 spiro atoms. The standard InChI is InChI=1S/C9H6Cl2N2O/c1-13-7-3-5(10)2-6(11)9(7)12-8(13)4-14/h2-4H,1H3. The molecule has 0 saturated heterocycles. The lowest BCUT2D eigenvalue weighted by Crippen LogP contribution is -1.94. The second-order valence-electron chi connectivity index (χ2n) is 2.90. The molecule has 5 heteroatoms. The van der Waals surface area contributed by atoms with E-state index in [9.17, 15) is 4.79 Å². The number of hydrogen-bond acceptors (Lipinski definition) is 2. The molecule has 0 N–H and O–H groups in total. The number of hydrogen-bond donors (Lipinski definition) is 0. The average molecular weight is 229 g/mol. The van der Waals surface area contributed by atoms with Gasteiger partial charge < -0.3 is 4.57 Å². The number of aromatic nitrogens is 2. The predicted molar refractivity (Wildman–Crippen MR) is 56.1 cm³/mol. The summed E-state index contributed by atoms with van der Waals surface area (Å²) >= 11 is 11.8. The van der Waals surface area contributed by atoms with Gasteiger partial charge in [-0.25, -0.2) is 4.98 Å². The Labute approximate surface area is 90.2 Å². The van der Waals surface area contributed by atoms with Crippen molar-refractivity contribution in [3.8, 4) is 0 Å². The number of aryl methyl sites for hydroxylation is 1. The fourth-order valence-electron chi connectivity index (χ4n) is 1.34. The van der Waals surface area contributed by atoms with Crippen molar-refractivity contribution in [2.75, 3.05) is 0 Å². The van der Waals surface area contributed by atoms with Gasteiger partial charge in [0.2, 0.25) is 0 Å². The van der Waals surface area contributed by atoms with Gasteiger partial charge in [-0.2, -0.15) is 0 Å². The third-order valence-electron chi connectivity index (χ3n) is 2.04. The summed E-state index contributed by atoms with van der Waals surface area (Å²) in [5.41, 5.74) is 1.35. The van der Waals surface area contributed by atoms with E-state index in [1.807, 2.05) is 0 Å². The van der Waals surface area contributed by atoms with Crippen molar-refractivity contribution >= 4 is 40.5 Å². The van der Waals surface area contributed by atoms with Crippen molar-refractivity contribution in [2.45, 2.75) is 0 Å².